The average Bonchev–Trinajstić information content (AvgIpc) is 3.03. The minimum Gasteiger partial charge on any atom is -0.475 e. The predicted octanol–water partition coefficient (Wildman–Crippen LogP) is 3.23. The number of fused-ring (bicyclic) bond motifs is 1. The fourth-order valence-electron chi connectivity index (χ4n) is 1.93. The minimum atomic E-state index is -1.06. The van der Waals surface area contributed by atoms with Crippen molar-refractivity contribution in [2.24, 2.45) is 0 Å². The highest BCUT2D eigenvalue weighted by Gasteiger charge is 2.10. The Kier molecular flexibility index (Phi) is 3.23. The van der Waals surface area contributed by atoms with Crippen molar-refractivity contribution in [1.82, 2.24) is 9.38 Å². The van der Waals surface area contributed by atoms with Gasteiger partial charge >= 0.3 is 5.97 Å². The third-order valence-corrected chi connectivity index (χ3v) is 3.83. The van der Waals surface area contributed by atoms with Crippen LogP contribution in [0.2, 0.25) is 0 Å². The van der Waals surface area contributed by atoms with Crippen molar-refractivity contribution in [3.8, 4) is 0 Å². The molecular weight excluding hydrogens is 276 g/mol. The zero-order chi connectivity index (χ0) is 14.1. The summed E-state index contributed by atoms with van der Waals surface area (Å²) in [4.78, 5) is 15.3. The maximum atomic E-state index is 10.7. The molecule has 0 aliphatic heterocycles. The number of thioether (sulfide) groups is 1. The van der Waals surface area contributed by atoms with Crippen molar-refractivity contribution in [2.45, 2.75) is 17.8 Å². The Bertz CT molecular complexity index is 776. The van der Waals surface area contributed by atoms with Gasteiger partial charge in [0.1, 0.15) is 5.65 Å². The van der Waals surface area contributed by atoms with Gasteiger partial charge in [-0.25, -0.2) is 9.78 Å². The van der Waals surface area contributed by atoms with E-state index in [4.69, 9.17) is 9.52 Å². The zero-order valence-corrected chi connectivity index (χ0v) is 11.6. The van der Waals surface area contributed by atoms with E-state index in [9.17, 15) is 4.79 Å². The molecule has 0 aliphatic carbocycles. The van der Waals surface area contributed by atoms with Crippen LogP contribution in [0.25, 0.3) is 5.65 Å². The molecule has 1 N–H and O–H groups in total. The lowest BCUT2D eigenvalue weighted by atomic mass is 10.3. The largest absolute Gasteiger partial charge is 0.475 e. The summed E-state index contributed by atoms with van der Waals surface area (Å²) in [5.41, 5.74) is 2.99. The van der Waals surface area contributed by atoms with Crippen molar-refractivity contribution in [2.75, 3.05) is 0 Å². The van der Waals surface area contributed by atoms with Crippen LogP contribution in [0.5, 0.6) is 0 Å². The van der Waals surface area contributed by atoms with Crippen molar-refractivity contribution in [3.05, 3.63) is 53.7 Å². The molecule has 0 unspecified atom stereocenters. The van der Waals surface area contributed by atoms with Crippen LogP contribution in [0.15, 0.2) is 46.2 Å². The van der Waals surface area contributed by atoms with Crippen molar-refractivity contribution < 1.29 is 14.3 Å². The Morgan fingerprint density at radius 1 is 1.45 bits per heavy atom. The molecule has 0 atom stereocenters. The van der Waals surface area contributed by atoms with Gasteiger partial charge in [-0.15, -0.1) is 0 Å². The van der Waals surface area contributed by atoms with E-state index in [2.05, 4.69) is 4.98 Å². The first-order valence-corrected chi connectivity index (χ1v) is 7.01. The summed E-state index contributed by atoms with van der Waals surface area (Å²) in [6.45, 7) is 2.02. The smallest absolute Gasteiger partial charge is 0.371 e. The minimum absolute atomic E-state index is 0.0432. The number of carboxylic acids is 1. The van der Waals surface area contributed by atoms with Gasteiger partial charge < -0.3 is 13.9 Å². The van der Waals surface area contributed by atoms with E-state index in [0.717, 1.165) is 16.9 Å². The van der Waals surface area contributed by atoms with E-state index >= 15 is 0 Å². The molecule has 3 rings (SSSR count). The summed E-state index contributed by atoms with van der Waals surface area (Å²) in [5, 5.41) is 9.37. The van der Waals surface area contributed by atoms with Crippen LogP contribution >= 0.6 is 11.8 Å². The summed E-state index contributed by atoms with van der Waals surface area (Å²) in [5.74, 6) is -0.466. The van der Waals surface area contributed by atoms with Gasteiger partial charge in [0.15, 0.2) is 5.09 Å². The third-order valence-electron chi connectivity index (χ3n) is 2.88. The first-order valence-electron chi connectivity index (χ1n) is 6.02. The molecule has 102 valence electrons. The molecule has 0 fully saturated rings. The topological polar surface area (TPSA) is 67.7 Å². The van der Waals surface area contributed by atoms with E-state index < -0.39 is 5.97 Å². The third kappa shape index (κ3) is 2.42. The van der Waals surface area contributed by atoms with Gasteiger partial charge in [-0.2, -0.15) is 0 Å². The SMILES string of the molecule is Cc1cccn2cc(CSc3ccc(C(=O)O)o3)nc12. The lowest BCUT2D eigenvalue weighted by Crippen LogP contribution is -1.91. The Labute approximate surface area is 119 Å². The summed E-state index contributed by atoms with van der Waals surface area (Å²) >= 11 is 1.43. The molecule has 3 aromatic rings. The van der Waals surface area contributed by atoms with Crippen molar-refractivity contribution in [3.63, 3.8) is 0 Å². The number of carboxylic acid groups (broad SMARTS) is 1. The first kappa shape index (κ1) is 12.8. The molecule has 0 bridgehead atoms. The highest BCUT2D eigenvalue weighted by Crippen LogP contribution is 2.25. The van der Waals surface area contributed by atoms with Gasteiger partial charge in [-0.1, -0.05) is 17.8 Å². The lowest BCUT2D eigenvalue weighted by molar-refractivity contribution is 0.0656. The average molecular weight is 288 g/mol. The van der Waals surface area contributed by atoms with Crippen LogP contribution in [-0.2, 0) is 5.75 Å². The number of aryl methyl sites for hydroxylation is 1. The maximum absolute atomic E-state index is 10.7. The standard InChI is InChI=1S/C14H12N2O3S/c1-9-3-2-6-16-7-10(15-13(9)16)8-20-12-5-4-11(19-12)14(17)18/h2-7H,8H2,1H3,(H,17,18). The quantitative estimate of drug-likeness (QED) is 0.746. The van der Waals surface area contributed by atoms with Gasteiger partial charge in [-0.3, -0.25) is 0 Å². The maximum Gasteiger partial charge on any atom is 0.371 e. The van der Waals surface area contributed by atoms with Crippen molar-refractivity contribution >= 4 is 23.4 Å². The number of hydrogen-bond acceptors (Lipinski definition) is 4. The lowest BCUT2D eigenvalue weighted by Gasteiger charge is -1.94. The van der Waals surface area contributed by atoms with Crippen LogP contribution in [0.1, 0.15) is 21.8 Å². The summed E-state index contributed by atoms with van der Waals surface area (Å²) < 4.78 is 7.18. The summed E-state index contributed by atoms with van der Waals surface area (Å²) in [7, 11) is 0. The number of pyridine rings is 1. The second-order valence-electron chi connectivity index (χ2n) is 4.37. The molecule has 0 aliphatic rings. The fraction of sp³-hybridized carbons (Fsp3) is 0.143. The Hall–Kier alpha value is -2.21. The number of nitrogens with zero attached hydrogens (tertiary/aromatic N) is 2. The molecular formula is C14H12N2O3S. The number of aromatic nitrogens is 2. The first-order chi connectivity index (χ1) is 9.63. The second-order valence-corrected chi connectivity index (χ2v) is 5.35. The molecule has 0 amide bonds. The van der Waals surface area contributed by atoms with Crippen LogP contribution in [0.4, 0.5) is 0 Å². The summed E-state index contributed by atoms with van der Waals surface area (Å²) in [6.07, 6.45) is 3.93. The Morgan fingerprint density at radius 3 is 3.00 bits per heavy atom. The number of imidazole rings is 1. The molecule has 0 radical (unpaired) electrons. The van der Waals surface area contributed by atoms with Crippen LogP contribution in [-0.4, -0.2) is 20.5 Å². The number of rotatable bonds is 4. The molecule has 0 aromatic carbocycles. The van der Waals surface area contributed by atoms with Crippen LogP contribution in [0.3, 0.4) is 0 Å². The molecule has 3 heterocycles. The van der Waals surface area contributed by atoms with Crippen LogP contribution in [0, 0.1) is 6.92 Å². The van der Waals surface area contributed by atoms with Gasteiger partial charge in [-0.05, 0) is 30.7 Å². The molecule has 0 saturated carbocycles. The zero-order valence-electron chi connectivity index (χ0n) is 10.7. The van der Waals surface area contributed by atoms with Gasteiger partial charge in [0.2, 0.25) is 5.76 Å². The molecule has 0 spiro atoms. The van der Waals surface area contributed by atoms with Gasteiger partial charge in [0, 0.05) is 18.1 Å². The number of hydrogen-bond donors (Lipinski definition) is 1. The number of carbonyl (C=O) groups is 1. The highest BCUT2D eigenvalue weighted by atomic mass is 32.2. The van der Waals surface area contributed by atoms with E-state index in [1.165, 1.54) is 17.8 Å². The predicted molar refractivity (Wildman–Crippen MR) is 75.2 cm³/mol. The monoisotopic (exact) mass is 288 g/mol. The Morgan fingerprint density at radius 2 is 2.30 bits per heavy atom. The summed E-state index contributed by atoms with van der Waals surface area (Å²) in [6, 6.07) is 7.12. The fourth-order valence-corrected chi connectivity index (χ4v) is 2.67. The Balaban J connectivity index is 1.76. The number of furan rings is 1. The van der Waals surface area contributed by atoms with E-state index in [1.807, 2.05) is 35.9 Å². The number of aromatic carboxylic acids is 1. The molecule has 0 saturated heterocycles. The van der Waals surface area contributed by atoms with E-state index in [0.29, 0.717) is 10.8 Å². The van der Waals surface area contributed by atoms with E-state index in [1.54, 1.807) is 6.07 Å². The van der Waals surface area contributed by atoms with Crippen molar-refractivity contribution in [1.29, 1.82) is 0 Å². The van der Waals surface area contributed by atoms with Gasteiger partial charge in [0.05, 0.1) is 5.69 Å². The second kappa shape index (κ2) is 5.05. The molecule has 3 aromatic heterocycles. The normalized spacial score (nSPS) is 11.1. The highest BCUT2D eigenvalue weighted by molar-refractivity contribution is 7.98. The molecule has 6 heteroatoms. The van der Waals surface area contributed by atoms with Crippen LogP contribution < -0.4 is 0 Å². The molecule has 5 nitrogen and oxygen atoms in total. The molecule has 20 heavy (non-hydrogen) atoms. The van der Waals surface area contributed by atoms with Gasteiger partial charge in [0.25, 0.3) is 0 Å². The van der Waals surface area contributed by atoms with E-state index in [-0.39, 0.29) is 5.76 Å².